The summed E-state index contributed by atoms with van der Waals surface area (Å²) >= 11 is 0. The van der Waals surface area contributed by atoms with Crippen LogP contribution in [0.4, 0.5) is 0 Å². The Morgan fingerprint density at radius 3 is 2.66 bits per heavy atom. The Morgan fingerprint density at radius 1 is 1.17 bits per heavy atom. The van der Waals surface area contributed by atoms with Crippen molar-refractivity contribution in [1.29, 1.82) is 0 Å². The molecule has 6 nitrogen and oxygen atoms in total. The molecule has 0 unspecified atom stereocenters. The number of hydrogen-bond donors (Lipinski definition) is 2. The zero-order chi connectivity index (χ0) is 20.3. The van der Waals surface area contributed by atoms with Gasteiger partial charge in [0.15, 0.2) is 5.96 Å². The van der Waals surface area contributed by atoms with Gasteiger partial charge in [-0.25, -0.2) is 4.99 Å². The number of hydrogen-bond acceptors (Lipinski definition) is 4. The third-order valence-corrected chi connectivity index (χ3v) is 6.22. The van der Waals surface area contributed by atoms with Gasteiger partial charge in [-0.05, 0) is 44.0 Å². The number of aliphatic imine (C=N–C) groups is 1. The fourth-order valence-corrected chi connectivity index (χ4v) is 4.36. The SMILES string of the molecule is CN(Cc1ccccc1CN=C(N)NCCCN1CCOCC1)C1CCCCC1. The second kappa shape index (κ2) is 12.2. The van der Waals surface area contributed by atoms with E-state index in [1.165, 1.54) is 43.2 Å². The maximum absolute atomic E-state index is 6.10. The first-order chi connectivity index (χ1) is 14.2. The first-order valence-corrected chi connectivity index (χ1v) is 11.3. The average Bonchev–Trinajstić information content (AvgIpc) is 2.77. The minimum absolute atomic E-state index is 0.544. The quantitative estimate of drug-likeness (QED) is 0.378. The van der Waals surface area contributed by atoms with Crippen LogP contribution in [0.5, 0.6) is 0 Å². The summed E-state index contributed by atoms with van der Waals surface area (Å²) < 4.78 is 5.39. The predicted molar refractivity (Wildman–Crippen MR) is 120 cm³/mol. The summed E-state index contributed by atoms with van der Waals surface area (Å²) in [6.07, 6.45) is 7.87. The Bertz CT molecular complexity index is 623. The summed E-state index contributed by atoms with van der Waals surface area (Å²) in [5, 5.41) is 3.26. The highest BCUT2D eigenvalue weighted by Crippen LogP contribution is 2.23. The van der Waals surface area contributed by atoms with Crippen molar-refractivity contribution < 1.29 is 4.74 Å². The number of guanidine groups is 1. The Kier molecular flexibility index (Phi) is 9.25. The second-order valence-corrected chi connectivity index (χ2v) is 8.41. The maximum Gasteiger partial charge on any atom is 0.188 e. The molecule has 1 saturated heterocycles. The first kappa shape index (κ1) is 22.1. The molecule has 0 atom stereocenters. The fraction of sp³-hybridized carbons (Fsp3) is 0.696. The molecule has 29 heavy (non-hydrogen) atoms. The Morgan fingerprint density at radius 2 is 1.90 bits per heavy atom. The normalized spacial score (nSPS) is 19.6. The molecule has 1 aromatic carbocycles. The topological polar surface area (TPSA) is 66.1 Å². The van der Waals surface area contributed by atoms with Crippen LogP contribution in [-0.2, 0) is 17.8 Å². The number of nitrogens with two attached hydrogens (primary N) is 1. The molecule has 1 saturated carbocycles. The third kappa shape index (κ3) is 7.61. The average molecular weight is 402 g/mol. The van der Waals surface area contributed by atoms with E-state index < -0.39 is 0 Å². The van der Waals surface area contributed by atoms with E-state index in [4.69, 9.17) is 10.5 Å². The summed E-state index contributed by atoms with van der Waals surface area (Å²) in [4.78, 5) is 9.56. The monoisotopic (exact) mass is 401 g/mol. The molecule has 0 radical (unpaired) electrons. The van der Waals surface area contributed by atoms with Gasteiger partial charge in [0.2, 0.25) is 0 Å². The number of nitrogens with one attached hydrogen (secondary N) is 1. The molecule has 6 heteroatoms. The van der Waals surface area contributed by atoms with Gasteiger partial charge in [-0.3, -0.25) is 9.80 Å². The minimum atomic E-state index is 0.544. The molecule has 1 aliphatic heterocycles. The predicted octanol–water partition coefficient (Wildman–Crippen LogP) is 2.58. The van der Waals surface area contributed by atoms with Crippen molar-refractivity contribution >= 4 is 5.96 Å². The van der Waals surface area contributed by atoms with Crippen LogP contribution < -0.4 is 11.1 Å². The largest absolute Gasteiger partial charge is 0.379 e. The maximum atomic E-state index is 6.10. The molecule has 2 fully saturated rings. The zero-order valence-electron chi connectivity index (χ0n) is 18.1. The lowest BCUT2D eigenvalue weighted by molar-refractivity contribution is 0.0376. The van der Waals surface area contributed by atoms with Crippen molar-refractivity contribution in [3.8, 4) is 0 Å². The minimum Gasteiger partial charge on any atom is -0.379 e. The van der Waals surface area contributed by atoms with E-state index >= 15 is 0 Å². The lowest BCUT2D eigenvalue weighted by Crippen LogP contribution is -2.39. The molecule has 2 aliphatic rings. The van der Waals surface area contributed by atoms with Crippen molar-refractivity contribution in [1.82, 2.24) is 15.1 Å². The summed E-state index contributed by atoms with van der Waals surface area (Å²) in [7, 11) is 2.26. The lowest BCUT2D eigenvalue weighted by atomic mass is 9.94. The highest BCUT2D eigenvalue weighted by Gasteiger charge is 2.18. The van der Waals surface area contributed by atoms with Crippen LogP contribution in [0.1, 0.15) is 49.7 Å². The second-order valence-electron chi connectivity index (χ2n) is 8.41. The lowest BCUT2D eigenvalue weighted by Gasteiger charge is -2.31. The van der Waals surface area contributed by atoms with Gasteiger partial charge >= 0.3 is 0 Å². The van der Waals surface area contributed by atoms with E-state index in [2.05, 4.69) is 51.4 Å². The van der Waals surface area contributed by atoms with Crippen molar-refractivity contribution in [2.45, 2.75) is 57.7 Å². The number of ether oxygens (including phenoxy) is 1. The van der Waals surface area contributed by atoms with Crippen LogP contribution in [-0.4, -0.2) is 68.2 Å². The molecule has 0 spiro atoms. The smallest absolute Gasteiger partial charge is 0.188 e. The molecule has 1 aromatic rings. The zero-order valence-corrected chi connectivity index (χ0v) is 18.1. The van der Waals surface area contributed by atoms with Crippen LogP contribution in [0.2, 0.25) is 0 Å². The number of morpholine rings is 1. The van der Waals surface area contributed by atoms with Crippen molar-refractivity contribution in [2.24, 2.45) is 10.7 Å². The molecule has 3 rings (SSSR count). The van der Waals surface area contributed by atoms with E-state index in [0.717, 1.165) is 58.4 Å². The Labute approximate surface area is 176 Å². The van der Waals surface area contributed by atoms with Gasteiger partial charge in [0.1, 0.15) is 0 Å². The van der Waals surface area contributed by atoms with Gasteiger partial charge in [0.05, 0.1) is 19.8 Å². The highest BCUT2D eigenvalue weighted by atomic mass is 16.5. The molecule has 0 aromatic heterocycles. The van der Waals surface area contributed by atoms with E-state index in [0.29, 0.717) is 12.5 Å². The molecule has 0 amide bonds. The van der Waals surface area contributed by atoms with Crippen molar-refractivity contribution in [3.63, 3.8) is 0 Å². The van der Waals surface area contributed by atoms with E-state index in [-0.39, 0.29) is 0 Å². The van der Waals surface area contributed by atoms with Gasteiger partial charge in [-0.15, -0.1) is 0 Å². The standard InChI is InChI=1S/C23H39N5O/c1-27(22-10-3-2-4-11-22)19-21-9-6-5-8-20(21)18-26-23(24)25-12-7-13-28-14-16-29-17-15-28/h5-6,8-9,22H,2-4,7,10-19H2,1H3,(H3,24,25,26). The summed E-state index contributed by atoms with van der Waals surface area (Å²) in [6.45, 7) is 7.35. The van der Waals surface area contributed by atoms with Crippen LogP contribution in [0.3, 0.4) is 0 Å². The molecular formula is C23H39N5O. The molecule has 1 heterocycles. The third-order valence-electron chi connectivity index (χ3n) is 6.22. The van der Waals surface area contributed by atoms with Crippen molar-refractivity contribution in [2.75, 3.05) is 46.4 Å². The molecular weight excluding hydrogens is 362 g/mol. The van der Waals surface area contributed by atoms with Crippen LogP contribution >= 0.6 is 0 Å². The molecule has 0 bridgehead atoms. The van der Waals surface area contributed by atoms with E-state index in [1.54, 1.807) is 0 Å². The summed E-state index contributed by atoms with van der Waals surface area (Å²) in [5.74, 6) is 0.544. The highest BCUT2D eigenvalue weighted by molar-refractivity contribution is 5.77. The van der Waals surface area contributed by atoms with Crippen LogP contribution in [0, 0.1) is 0 Å². The van der Waals surface area contributed by atoms with Gasteiger partial charge in [0.25, 0.3) is 0 Å². The summed E-state index contributed by atoms with van der Waals surface area (Å²) in [5.41, 5.74) is 8.74. The van der Waals surface area contributed by atoms with Gasteiger partial charge in [-0.1, -0.05) is 43.5 Å². The number of rotatable bonds is 9. The molecule has 162 valence electrons. The summed E-state index contributed by atoms with van der Waals surface area (Å²) in [6, 6.07) is 9.36. The van der Waals surface area contributed by atoms with E-state index in [1.807, 2.05) is 0 Å². The van der Waals surface area contributed by atoms with Crippen molar-refractivity contribution in [3.05, 3.63) is 35.4 Å². The molecule has 1 aliphatic carbocycles. The first-order valence-electron chi connectivity index (χ1n) is 11.3. The van der Waals surface area contributed by atoms with E-state index in [9.17, 15) is 0 Å². The van der Waals surface area contributed by atoms with Crippen LogP contribution in [0.15, 0.2) is 29.3 Å². The van der Waals surface area contributed by atoms with Gasteiger partial charge in [0, 0.05) is 32.2 Å². The number of nitrogens with zero attached hydrogens (tertiary/aromatic N) is 3. The van der Waals surface area contributed by atoms with Gasteiger partial charge in [-0.2, -0.15) is 0 Å². The van der Waals surface area contributed by atoms with Crippen LogP contribution in [0.25, 0.3) is 0 Å². The Balaban J connectivity index is 1.42. The van der Waals surface area contributed by atoms with Gasteiger partial charge < -0.3 is 15.8 Å². The number of benzene rings is 1. The fourth-order valence-electron chi connectivity index (χ4n) is 4.36. The molecule has 3 N–H and O–H groups in total. The Hall–Kier alpha value is -1.63.